The minimum Gasteiger partial charge on any atom is -0.355 e. The van der Waals surface area contributed by atoms with Gasteiger partial charge in [-0.05, 0) is 33.4 Å². The van der Waals surface area contributed by atoms with E-state index in [1.807, 2.05) is 19.0 Å². The van der Waals surface area contributed by atoms with Crippen LogP contribution in [0.5, 0.6) is 0 Å². The number of hydrogen-bond donors (Lipinski definition) is 2. The van der Waals surface area contributed by atoms with Gasteiger partial charge in [0, 0.05) is 13.1 Å². The monoisotopic (exact) mass is 329 g/mol. The molecule has 0 aliphatic rings. The Morgan fingerprint density at radius 1 is 0.913 bits per heavy atom. The summed E-state index contributed by atoms with van der Waals surface area (Å²) in [7, 11) is 7.95. The van der Waals surface area contributed by atoms with Crippen molar-refractivity contribution in [2.24, 2.45) is 0 Å². The molecule has 0 fully saturated rings. The predicted octanol–water partition coefficient (Wildman–Crippen LogP) is 0.827. The summed E-state index contributed by atoms with van der Waals surface area (Å²) in [6.07, 6.45) is 5.24. The zero-order valence-corrected chi connectivity index (χ0v) is 15.8. The first-order valence-electron chi connectivity index (χ1n) is 8.77. The van der Waals surface area contributed by atoms with Crippen molar-refractivity contribution < 1.29 is 14.1 Å². The van der Waals surface area contributed by atoms with Crippen LogP contribution in [0.4, 0.5) is 0 Å². The lowest BCUT2D eigenvalue weighted by atomic mass is 10.2. The van der Waals surface area contributed by atoms with Crippen molar-refractivity contribution in [2.75, 3.05) is 60.9 Å². The summed E-state index contributed by atoms with van der Waals surface area (Å²) >= 11 is 0. The Morgan fingerprint density at radius 2 is 1.43 bits per heavy atom. The molecule has 0 aromatic carbocycles. The molecule has 0 atom stereocenters. The lowest BCUT2D eigenvalue weighted by molar-refractivity contribution is -0.882. The third-order valence-electron chi connectivity index (χ3n) is 3.61. The van der Waals surface area contributed by atoms with Gasteiger partial charge in [-0.25, -0.2) is 0 Å². The molecule has 6 heteroatoms. The summed E-state index contributed by atoms with van der Waals surface area (Å²) < 4.78 is 0.745. The molecule has 0 unspecified atom stereocenters. The lowest BCUT2D eigenvalue weighted by Gasteiger charge is -2.28. The van der Waals surface area contributed by atoms with E-state index in [4.69, 9.17) is 0 Å². The van der Waals surface area contributed by atoms with Gasteiger partial charge < -0.3 is 20.0 Å². The van der Waals surface area contributed by atoms with Crippen molar-refractivity contribution >= 4 is 11.8 Å². The topological polar surface area (TPSA) is 61.4 Å². The zero-order valence-electron chi connectivity index (χ0n) is 15.8. The molecule has 0 aliphatic carbocycles. The molecule has 0 radical (unpaired) electrons. The minimum atomic E-state index is 0.0788. The van der Waals surface area contributed by atoms with Gasteiger partial charge in [-0.15, -0.1) is 0 Å². The van der Waals surface area contributed by atoms with Crippen molar-refractivity contribution in [3.05, 3.63) is 0 Å². The minimum absolute atomic E-state index is 0.0788. The molecular formula is C17H37N4O2+. The van der Waals surface area contributed by atoms with Crippen molar-refractivity contribution in [3.63, 3.8) is 0 Å². The van der Waals surface area contributed by atoms with Gasteiger partial charge in [0.2, 0.25) is 5.91 Å². The summed E-state index contributed by atoms with van der Waals surface area (Å²) in [4.78, 5) is 25.1. The summed E-state index contributed by atoms with van der Waals surface area (Å²) in [5.74, 6) is 0.217. The Kier molecular flexibility index (Phi) is 11.7. The molecule has 6 nitrogen and oxygen atoms in total. The average Bonchev–Trinajstić information content (AvgIpc) is 2.40. The van der Waals surface area contributed by atoms with Crippen LogP contribution in [0.2, 0.25) is 0 Å². The van der Waals surface area contributed by atoms with Crippen molar-refractivity contribution in [1.29, 1.82) is 0 Å². The molecule has 0 saturated carbocycles. The second-order valence-corrected chi connectivity index (χ2v) is 7.17. The SMILES string of the molecule is CCC[N+](C)(C)CC(=O)NCCCCCCNC(=O)CN(C)C. The maximum Gasteiger partial charge on any atom is 0.275 e. The number of nitrogens with one attached hydrogen (secondary N) is 2. The quantitative estimate of drug-likeness (QED) is 0.389. The van der Waals surface area contributed by atoms with Crippen LogP contribution in [0.25, 0.3) is 0 Å². The fourth-order valence-electron chi connectivity index (χ4n) is 2.53. The van der Waals surface area contributed by atoms with E-state index in [1.165, 1.54) is 0 Å². The van der Waals surface area contributed by atoms with E-state index in [0.717, 1.165) is 56.2 Å². The fraction of sp³-hybridized carbons (Fsp3) is 0.882. The standard InChI is InChI=1S/C17H36N4O2/c1-6-13-21(4,5)15-17(23)19-12-10-8-7-9-11-18-16(22)14-20(2)3/h6-15H2,1-5H3,(H-,18,19,22,23)/p+1. The molecule has 0 aliphatic heterocycles. The number of hydrogen-bond acceptors (Lipinski definition) is 3. The molecule has 23 heavy (non-hydrogen) atoms. The van der Waals surface area contributed by atoms with Crippen LogP contribution in [-0.2, 0) is 9.59 Å². The normalized spacial score (nSPS) is 11.6. The Bertz CT molecular complexity index is 343. The van der Waals surface area contributed by atoms with Crippen LogP contribution in [0.1, 0.15) is 39.0 Å². The van der Waals surface area contributed by atoms with Crippen molar-refractivity contribution in [2.45, 2.75) is 39.0 Å². The van der Waals surface area contributed by atoms with Gasteiger partial charge in [-0.1, -0.05) is 19.8 Å². The van der Waals surface area contributed by atoms with Gasteiger partial charge in [0.25, 0.3) is 5.91 Å². The van der Waals surface area contributed by atoms with E-state index in [2.05, 4.69) is 31.7 Å². The summed E-state index contributed by atoms with van der Waals surface area (Å²) in [5.41, 5.74) is 0. The highest BCUT2D eigenvalue weighted by molar-refractivity contribution is 5.77. The fourth-order valence-corrected chi connectivity index (χ4v) is 2.53. The van der Waals surface area contributed by atoms with Gasteiger partial charge in [0.05, 0.1) is 27.2 Å². The molecule has 0 saturated heterocycles. The zero-order chi connectivity index (χ0) is 17.7. The van der Waals surface area contributed by atoms with Crippen LogP contribution in [0.3, 0.4) is 0 Å². The van der Waals surface area contributed by atoms with Gasteiger partial charge in [-0.2, -0.15) is 0 Å². The number of nitrogens with zero attached hydrogens (tertiary/aromatic N) is 2. The first kappa shape index (κ1) is 21.9. The number of rotatable bonds is 13. The Labute approximate surface area is 142 Å². The van der Waals surface area contributed by atoms with Crippen LogP contribution in [0, 0.1) is 0 Å². The van der Waals surface area contributed by atoms with Gasteiger partial charge in [0.1, 0.15) is 0 Å². The van der Waals surface area contributed by atoms with E-state index in [1.54, 1.807) is 0 Å². The molecule has 0 spiro atoms. The first-order chi connectivity index (χ1) is 10.8. The van der Waals surface area contributed by atoms with Crippen LogP contribution in [0.15, 0.2) is 0 Å². The number of unbranched alkanes of at least 4 members (excludes halogenated alkanes) is 3. The lowest BCUT2D eigenvalue weighted by Crippen LogP contribution is -2.47. The number of likely N-dealkylation sites (N-methyl/N-ethyl adjacent to an activating group) is 2. The van der Waals surface area contributed by atoms with Crippen LogP contribution >= 0.6 is 0 Å². The van der Waals surface area contributed by atoms with Gasteiger partial charge >= 0.3 is 0 Å². The molecule has 2 amide bonds. The van der Waals surface area contributed by atoms with Crippen molar-refractivity contribution in [3.8, 4) is 0 Å². The highest BCUT2D eigenvalue weighted by atomic mass is 16.2. The molecule has 136 valence electrons. The summed E-state index contributed by atoms with van der Waals surface area (Å²) in [6.45, 7) is 5.64. The molecule has 0 aromatic rings. The largest absolute Gasteiger partial charge is 0.355 e. The van der Waals surface area contributed by atoms with E-state index in [9.17, 15) is 9.59 Å². The van der Waals surface area contributed by atoms with E-state index in [-0.39, 0.29) is 11.8 Å². The van der Waals surface area contributed by atoms with Crippen LogP contribution in [-0.4, -0.2) is 82.1 Å². The van der Waals surface area contributed by atoms with Crippen LogP contribution < -0.4 is 10.6 Å². The maximum absolute atomic E-state index is 11.9. The second kappa shape index (κ2) is 12.3. The van der Waals surface area contributed by atoms with Gasteiger partial charge in [0.15, 0.2) is 6.54 Å². The second-order valence-electron chi connectivity index (χ2n) is 7.17. The average molecular weight is 330 g/mol. The molecular weight excluding hydrogens is 292 g/mol. The highest BCUT2D eigenvalue weighted by Gasteiger charge is 2.18. The smallest absolute Gasteiger partial charge is 0.275 e. The highest BCUT2D eigenvalue weighted by Crippen LogP contribution is 2.00. The molecule has 0 bridgehead atoms. The summed E-state index contributed by atoms with van der Waals surface area (Å²) in [5, 5.41) is 5.91. The summed E-state index contributed by atoms with van der Waals surface area (Å²) in [6, 6.07) is 0. The van der Waals surface area contributed by atoms with E-state index < -0.39 is 0 Å². The van der Waals surface area contributed by atoms with E-state index in [0.29, 0.717) is 13.1 Å². The molecule has 0 aromatic heterocycles. The third kappa shape index (κ3) is 14.2. The Balaban J connectivity index is 3.49. The first-order valence-corrected chi connectivity index (χ1v) is 8.77. The number of carbonyl (C=O) groups is 2. The molecule has 2 N–H and O–H groups in total. The van der Waals surface area contributed by atoms with Crippen molar-refractivity contribution in [1.82, 2.24) is 15.5 Å². The predicted molar refractivity (Wildman–Crippen MR) is 95.2 cm³/mol. The molecule has 0 heterocycles. The Hall–Kier alpha value is -1.14. The number of carbonyl (C=O) groups excluding carboxylic acids is 2. The van der Waals surface area contributed by atoms with Gasteiger partial charge in [-0.3, -0.25) is 9.59 Å². The molecule has 0 rings (SSSR count). The van der Waals surface area contributed by atoms with E-state index >= 15 is 0 Å². The number of amides is 2. The Morgan fingerprint density at radius 3 is 1.91 bits per heavy atom. The number of quaternary nitrogens is 1. The maximum atomic E-state index is 11.9. The third-order valence-corrected chi connectivity index (χ3v) is 3.61.